The highest BCUT2D eigenvalue weighted by Crippen LogP contribution is 2.40. The molecule has 0 amide bonds. The van der Waals surface area contributed by atoms with E-state index >= 15 is 0 Å². The lowest BCUT2D eigenvalue weighted by molar-refractivity contribution is 0.0463. The quantitative estimate of drug-likeness (QED) is 0.160. The largest absolute Gasteiger partial charge is 0.511 e. The summed E-state index contributed by atoms with van der Waals surface area (Å²) >= 11 is 4.42. The van der Waals surface area contributed by atoms with Crippen molar-refractivity contribution in [3.63, 3.8) is 0 Å². The van der Waals surface area contributed by atoms with Gasteiger partial charge in [0.1, 0.15) is 0 Å². The fourth-order valence-corrected chi connectivity index (χ4v) is 5.91. The van der Waals surface area contributed by atoms with Crippen LogP contribution in [-0.4, -0.2) is 6.16 Å². The molecule has 0 spiro atoms. The Morgan fingerprint density at radius 2 is 0.844 bits per heavy atom. The predicted molar refractivity (Wildman–Crippen MR) is 150 cm³/mol. The van der Waals surface area contributed by atoms with Gasteiger partial charge < -0.3 is 9.47 Å². The lowest BCUT2D eigenvalue weighted by Gasteiger charge is -2.25. The molecule has 0 N–H and O–H groups in total. The first-order valence-corrected chi connectivity index (χ1v) is 13.9. The number of carbonyl (C=O) groups excluding carboxylic acids is 1. The molecule has 5 heteroatoms. The first-order chi connectivity index (χ1) is 15.0. The summed E-state index contributed by atoms with van der Waals surface area (Å²) in [5.41, 5.74) is 7.02. The van der Waals surface area contributed by atoms with Crippen molar-refractivity contribution in [2.24, 2.45) is 0 Å². The van der Waals surface area contributed by atoms with Crippen LogP contribution >= 0.6 is 45.2 Å². The monoisotopic (exact) mass is 662 g/mol. The third kappa shape index (κ3) is 6.61. The van der Waals surface area contributed by atoms with Crippen LogP contribution in [-0.2, 0) is 9.47 Å². The number of ether oxygens (including phenoxy) is 2. The van der Waals surface area contributed by atoms with Gasteiger partial charge in [-0.1, -0.05) is 91.8 Å². The normalized spacial score (nSPS) is 13.7. The molecule has 32 heavy (non-hydrogen) atoms. The van der Waals surface area contributed by atoms with E-state index in [1.54, 1.807) is 0 Å². The summed E-state index contributed by atoms with van der Waals surface area (Å²) in [6, 6.07) is 12.7. The van der Waals surface area contributed by atoms with Crippen molar-refractivity contribution < 1.29 is 14.3 Å². The summed E-state index contributed by atoms with van der Waals surface area (Å²) in [4.78, 5) is 12.9. The number of hydrogen-bond acceptors (Lipinski definition) is 3. The minimum absolute atomic E-state index is 0.337. The van der Waals surface area contributed by atoms with Gasteiger partial charge in [-0.05, 0) is 91.1 Å². The number of halogens is 2. The number of carbonyl (C=O) groups is 1. The summed E-state index contributed by atoms with van der Waals surface area (Å²) in [6.07, 6.45) is -0.634. The molecule has 2 unspecified atom stereocenters. The van der Waals surface area contributed by atoms with Gasteiger partial charge in [0.15, 0.2) is 8.22 Å². The van der Waals surface area contributed by atoms with Crippen molar-refractivity contribution >= 4 is 51.3 Å². The Morgan fingerprint density at radius 3 is 1.06 bits per heavy atom. The second-order valence-electron chi connectivity index (χ2n) is 9.44. The van der Waals surface area contributed by atoms with Crippen molar-refractivity contribution in [2.45, 2.75) is 87.3 Å². The Bertz CT molecular complexity index is 793. The van der Waals surface area contributed by atoms with Gasteiger partial charge in [-0.25, -0.2) is 4.79 Å². The van der Waals surface area contributed by atoms with Crippen molar-refractivity contribution in [1.82, 2.24) is 0 Å². The molecule has 0 bridgehead atoms. The van der Waals surface area contributed by atoms with Gasteiger partial charge in [-0.3, -0.25) is 0 Å². The molecule has 0 fully saturated rings. The highest BCUT2D eigenvalue weighted by molar-refractivity contribution is 14.1. The maximum absolute atomic E-state index is 12.9. The third-order valence-corrected chi connectivity index (χ3v) is 7.44. The second-order valence-corrected chi connectivity index (χ2v) is 11.7. The fraction of sp³-hybridized carbons (Fsp3) is 0.519. The lowest BCUT2D eigenvalue weighted by Crippen LogP contribution is -2.16. The van der Waals surface area contributed by atoms with Gasteiger partial charge in [-0.15, -0.1) is 0 Å². The minimum Gasteiger partial charge on any atom is -0.415 e. The Kier molecular flexibility index (Phi) is 10.3. The van der Waals surface area contributed by atoms with E-state index in [0.29, 0.717) is 23.7 Å². The first-order valence-electron chi connectivity index (χ1n) is 11.4. The fourth-order valence-electron chi connectivity index (χ4n) is 4.06. The van der Waals surface area contributed by atoms with E-state index in [1.807, 2.05) is 0 Å². The molecular formula is C27H36I2O3. The van der Waals surface area contributed by atoms with E-state index < -0.39 is 14.4 Å². The average Bonchev–Trinajstić information content (AvgIpc) is 2.71. The van der Waals surface area contributed by atoms with E-state index in [9.17, 15) is 4.79 Å². The average molecular weight is 662 g/mol. The summed E-state index contributed by atoms with van der Waals surface area (Å²) in [5, 5.41) is 0. The smallest absolute Gasteiger partial charge is 0.415 e. The van der Waals surface area contributed by atoms with E-state index in [4.69, 9.17) is 9.47 Å². The Labute approximate surface area is 221 Å². The van der Waals surface area contributed by atoms with Crippen molar-refractivity contribution in [3.8, 4) is 0 Å². The first kappa shape index (κ1) is 27.4. The molecule has 0 radical (unpaired) electrons. The third-order valence-electron chi connectivity index (χ3n) is 5.69. The van der Waals surface area contributed by atoms with E-state index in [1.165, 1.54) is 22.3 Å². The van der Waals surface area contributed by atoms with E-state index in [2.05, 4.69) is 137 Å². The van der Waals surface area contributed by atoms with Crippen molar-refractivity contribution in [2.75, 3.05) is 0 Å². The van der Waals surface area contributed by atoms with Gasteiger partial charge in [0.25, 0.3) is 0 Å². The number of rotatable bonds is 8. The summed E-state index contributed by atoms with van der Waals surface area (Å²) in [5.74, 6) is 1.35. The molecule has 3 nitrogen and oxygen atoms in total. The highest BCUT2D eigenvalue weighted by Gasteiger charge is 2.27. The van der Waals surface area contributed by atoms with Crippen LogP contribution in [0.3, 0.4) is 0 Å². The molecule has 0 saturated heterocycles. The van der Waals surface area contributed by atoms with Gasteiger partial charge in [0.2, 0.25) is 0 Å². The number of benzene rings is 2. The van der Waals surface area contributed by atoms with Gasteiger partial charge >= 0.3 is 6.16 Å². The Balaban J connectivity index is 2.30. The minimum atomic E-state index is -0.634. The van der Waals surface area contributed by atoms with Crippen LogP contribution in [0, 0.1) is 0 Å². The molecule has 176 valence electrons. The summed E-state index contributed by atoms with van der Waals surface area (Å²) in [7, 11) is 0. The predicted octanol–water partition coefficient (Wildman–Crippen LogP) is 9.90. The van der Waals surface area contributed by atoms with Gasteiger partial charge in [-0.2, -0.15) is 0 Å². The molecule has 2 aromatic rings. The summed E-state index contributed by atoms with van der Waals surface area (Å²) < 4.78 is 10.8. The van der Waals surface area contributed by atoms with E-state index in [0.717, 1.165) is 11.1 Å². The van der Waals surface area contributed by atoms with Gasteiger partial charge in [0.05, 0.1) is 0 Å². The number of alkyl halides is 2. The topological polar surface area (TPSA) is 35.5 Å². The zero-order valence-electron chi connectivity index (χ0n) is 20.4. The maximum atomic E-state index is 12.9. The Morgan fingerprint density at radius 1 is 0.594 bits per heavy atom. The zero-order chi connectivity index (χ0) is 24.2. The van der Waals surface area contributed by atoms with Crippen LogP contribution in [0.15, 0.2) is 36.4 Å². The zero-order valence-corrected chi connectivity index (χ0v) is 24.7. The van der Waals surface area contributed by atoms with Crippen LogP contribution in [0.5, 0.6) is 0 Å². The van der Waals surface area contributed by atoms with Gasteiger partial charge in [0, 0.05) is 11.1 Å². The summed E-state index contributed by atoms with van der Waals surface area (Å²) in [6.45, 7) is 17.3. The molecular weight excluding hydrogens is 626 g/mol. The van der Waals surface area contributed by atoms with Crippen LogP contribution in [0.2, 0.25) is 0 Å². The van der Waals surface area contributed by atoms with Crippen LogP contribution in [0.4, 0.5) is 4.79 Å². The highest BCUT2D eigenvalue weighted by atomic mass is 127. The van der Waals surface area contributed by atoms with Crippen molar-refractivity contribution in [3.05, 3.63) is 69.8 Å². The van der Waals surface area contributed by atoms with Crippen LogP contribution in [0.25, 0.3) is 0 Å². The molecule has 0 heterocycles. The second kappa shape index (κ2) is 12.0. The molecule has 0 aliphatic rings. The Hall–Kier alpha value is -0.830. The van der Waals surface area contributed by atoms with E-state index in [-0.39, 0.29) is 0 Å². The lowest BCUT2D eigenvalue weighted by atomic mass is 9.89. The number of hydrogen-bond donors (Lipinski definition) is 0. The molecule has 0 aromatic heterocycles. The van der Waals surface area contributed by atoms with Crippen LogP contribution < -0.4 is 0 Å². The SMILES string of the molecule is CC(C)c1cccc(C(C)C)c1C(I)OC(=O)OC(I)c1c(C(C)C)cccc1C(C)C. The maximum Gasteiger partial charge on any atom is 0.511 e. The molecule has 2 aromatic carbocycles. The molecule has 2 atom stereocenters. The molecule has 0 aliphatic heterocycles. The molecule has 0 aliphatic carbocycles. The van der Waals surface area contributed by atoms with Crippen molar-refractivity contribution in [1.29, 1.82) is 0 Å². The standard InChI is InChI=1S/C27H36I2O3/c1-15(2)19-11-9-12-20(16(3)4)23(19)25(28)31-27(30)32-26(29)24-21(17(5)6)13-10-14-22(24)18(7)8/h9-18,25-26H,1-8H3. The van der Waals surface area contributed by atoms with Crippen LogP contribution in [0.1, 0.15) is 121 Å². The molecule has 2 rings (SSSR count). The molecule has 0 saturated carbocycles.